The van der Waals surface area contributed by atoms with Gasteiger partial charge in [-0.15, -0.1) is 11.3 Å². The van der Waals surface area contributed by atoms with Crippen LogP contribution in [0.15, 0.2) is 46.6 Å². The second-order valence-electron chi connectivity index (χ2n) is 5.21. The molecule has 0 bridgehead atoms. The molecular weight excluding hydrogens is 402 g/mol. The summed E-state index contributed by atoms with van der Waals surface area (Å²) in [5.74, 6) is 0.482. The van der Waals surface area contributed by atoms with Gasteiger partial charge in [-0.25, -0.2) is 14.8 Å². The number of hydrogen-bond donors (Lipinski definition) is 2. The van der Waals surface area contributed by atoms with Crippen molar-refractivity contribution in [3.8, 4) is 10.6 Å². The van der Waals surface area contributed by atoms with E-state index < -0.39 is 0 Å². The van der Waals surface area contributed by atoms with Crippen LogP contribution in [-0.2, 0) is 6.42 Å². The molecule has 0 atom stereocenters. The van der Waals surface area contributed by atoms with Crippen molar-refractivity contribution in [2.75, 3.05) is 11.9 Å². The molecule has 0 saturated carbocycles. The SMILES string of the molecule is CCNC(=O)Nc1cc(-c2nc(Cc3ccncc3)cs2)c(Br)cn1. The van der Waals surface area contributed by atoms with Crippen LogP contribution in [0.2, 0.25) is 0 Å². The highest BCUT2D eigenvalue weighted by molar-refractivity contribution is 9.10. The molecule has 25 heavy (non-hydrogen) atoms. The van der Waals surface area contributed by atoms with Crippen molar-refractivity contribution in [2.45, 2.75) is 13.3 Å². The summed E-state index contributed by atoms with van der Waals surface area (Å²) in [5, 5.41) is 8.31. The van der Waals surface area contributed by atoms with Crippen LogP contribution in [-0.4, -0.2) is 27.5 Å². The van der Waals surface area contributed by atoms with Gasteiger partial charge in [0, 0.05) is 47.0 Å². The molecule has 3 heterocycles. The molecule has 3 rings (SSSR count). The fourth-order valence-corrected chi connectivity index (χ4v) is 3.60. The van der Waals surface area contributed by atoms with Crippen LogP contribution in [0.5, 0.6) is 0 Å². The Labute approximate surface area is 157 Å². The van der Waals surface area contributed by atoms with Crippen molar-refractivity contribution in [3.05, 3.63) is 57.9 Å². The first-order valence-electron chi connectivity index (χ1n) is 7.69. The maximum atomic E-state index is 11.7. The Bertz CT molecular complexity index is 868. The number of halogens is 1. The van der Waals surface area contributed by atoms with Crippen LogP contribution in [0.3, 0.4) is 0 Å². The molecule has 0 aliphatic carbocycles. The highest BCUT2D eigenvalue weighted by Gasteiger charge is 2.12. The lowest BCUT2D eigenvalue weighted by Gasteiger charge is -2.07. The van der Waals surface area contributed by atoms with Crippen molar-refractivity contribution in [3.63, 3.8) is 0 Å². The molecule has 2 N–H and O–H groups in total. The van der Waals surface area contributed by atoms with E-state index in [0.29, 0.717) is 12.4 Å². The Hall–Kier alpha value is -2.32. The zero-order chi connectivity index (χ0) is 17.6. The van der Waals surface area contributed by atoms with E-state index in [0.717, 1.165) is 27.2 Å². The van der Waals surface area contributed by atoms with E-state index in [2.05, 4.69) is 36.5 Å². The summed E-state index contributed by atoms with van der Waals surface area (Å²) in [7, 11) is 0. The van der Waals surface area contributed by atoms with Crippen molar-refractivity contribution >= 4 is 39.1 Å². The maximum absolute atomic E-state index is 11.7. The van der Waals surface area contributed by atoms with E-state index in [1.54, 1.807) is 29.9 Å². The first-order valence-corrected chi connectivity index (χ1v) is 9.37. The standard InChI is InChI=1S/C17H16BrN5OS/c1-2-20-17(24)23-15-8-13(14(18)9-21-15)16-22-12(10-25-16)7-11-3-5-19-6-4-11/h3-6,8-10H,2,7H2,1H3,(H2,20,21,23,24). The second-order valence-corrected chi connectivity index (χ2v) is 6.92. The molecule has 3 aromatic rings. The molecule has 0 aliphatic heterocycles. The lowest BCUT2D eigenvalue weighted by atomic mass is 10.1. The molecular formula is C17H16BrN5OS. The van der Waals surface area contributed by atoms with Gasteiger partial charge >= 0.3 is 6.03 Å². The number of amides is 2. The lowest BCUT2D eigenvalue weighted by Crippen LogP contribution is -2.28. The van der Waals surface area contributed by atoms with Crippen molar-refractivity contribution in [1.82, 2.24) is 20.3 Å². The predicted octanol–water partition coefficient (Wildman–Crippen LogP) is 4.09. The number of hydrogen-bond acceptors (Lipinski definition) is 5. The zero-order valence-electron chi connectivity index (χ0n) is 13.5. The first-order chi connectivity index (χ1) is 12.2. The van der Waals surface area contributed by atoms with Gasteiger partial charge in [0.25, 0.3) is 0 Å². The summed E-state index contributed by atoms with van der Waals surface area (Å²) in [5.41, 5.74) is 3.06. The maximum Gasteiger partial charge on any atom is 0.320 e. The zero-order valence-corrected chi connectivity index (χ0v) is 15.9. The molecule has 0 fully saturated rings. The van der Waals surface area contributed by atoms with E-state index in [1.807, 2.05) is 30.5 Å². The average molecular weight is 418 g/mol. The topological polar surface area (TPSA) is 79.8 Å². The monoisotopic (exact) mass is 417 g/mol. The third-order valence-electron chi connectivity index (χ3n) is 3.35. The van der Waals surface area contributed by atoms with E-state index in [9.17, 15) is 4.79 Å². The number of urea groups is 1. The van der Waals surface area contributed by atoms with Gasteiger partial charge in [-0.1, -0.05) is 0 Å². The fourth-order valence-electron chi connectivity index (χ4n) is 2.21. The van der Waals surface area contributed by atoms with Gasteiger partial charge in [0.15, 0.2) is 0 Å². The minimum atomic E-state index is -0.277. The first kappa shape index (κ1) is 17.5. The number of thiazole rings is 1. The molecule has 0 aromatic carbocycles. The van der Waals surface area contributed by atoms with Gasteiger partial charge in [-0.05, 0) is 46.6 Å². The largest absolute Gasteiger partial charge is 0.338 e. The van der Waals surface area contributed by atoms with Gasteiger partial charge in [0.2, 0.25) is 0 Å². The number of aromatic nitrogens is 3. The van der Waals surface area contributed by atoms with Crippen LogP contribution < -0.4 is 10.6 Å². The molecule has 6 nitrogen and oxygen atoms in total. The minimum Gasteiger partial charge on any atom is -0.338 e. The highest BCUT2D eigenvalue weighted by Crippen LogP contribution is 2.32. The predicted molar refractivity (Wildman–Crippen MR) is 103 cm³/mol. The Morgan fingerprint density at radius 2 is 2.12 bits per heavy atom. The molecule has 0 aliphatic rings. The second kappa shape index (κ2) is 8.17. The molecule has 128 valence electrons. The number of pyridine rings is 2. The van der Waals surface area contributed by atoms with Gasteiger partial charge < -0.3 is 5.32 Å². The summed E-state index contributed by atoms with van der Waals surface area (Å²) in [4.78, 5) is 24.6. The van der Waals surface area contributed by atoms with Gasteiger partial charge in [0.05, 0.1) is 5.69 Å². The van der Waals surface area contributed by atoms with Crippen LogP contribution in [0.25, 0.3) is 10.6 Å². The van der Waals surface area contributed by atoms with Crippen LogP contribution in [0.1, 0.15) is 18.2 Å². The molecule has 0 unspecified atom stereocenters. The average Bonchev–Trinajstić information content (AvgIpc) is 3.06. The number of rotatable bonds is 5. The normalized spacial score (nSPS) is 10.5. The van der Waals surface area contributed by atoms with Crippen LogP contribution >= 0.6 is 27.3 Å². The Morgan fingerprint density at radius 1 is 1.32 bits per heavy atom. The Morgan fingerprint density at radius 3 is 2.88 bits per heavy atom. The summed E-state index contributed by atoms with van der Waals surface area (Å²) in [6, 6.07) is 5.50. The van der Waals surface area contributed by atoms with E-state index >= 15 is 0 Å². The summed E-state index contributed by atoms with van der Waals surface area (Å²) in [6.45, 7) is 2.42. The van der Waals surface area contributed by atoms with Crippen molar-refractivity contribution in [2.24, 2.45) is 0 Å². The van der Waals surface area contributed by atoms with Crippen LogP contribution in [0, 0.1) is 0 Å². The summed E-state index contributed by atoms with van der Waals surface area (Å²) in [6.07, 6.45) is 5.98. The number of nitrogens with one attached hydrogen (secondary N) is 2. The summed E-state index contributed by atoms with van der Waals surface area (Å²) >= 11 is 5.07. The smallest absolute Gasteiger partial charge is 0.320 e. The fraction of sp³-hybridized carbons (Fsp3) is 0.176. The van der Waals surface area contributed by atoms with Crippen molar-refractivity contribution in [1.29, 1.82) is 0 Å². The van der Waals surface area contributed by atoms with Crippen molar-refractivity contribution < 1.29 is 4.79 Å². The third-order valence-corrected chi connectivity index (χ3v) is 4.91. The van der Waals surface area contributed by atoms with E-state index in [-0.39, 0.29) is 6.03 Å². The summed E-state index contributed by atoms with van der Waals surface area (Å²) < 4.78 is 0.832. The van der Waals surface area contributed by atoms with Gasteiger partial charge in [-0.2, -0.15) is 0 Å². The lowest BCUT2D eigenvalue weighted by molar-refractivity contribution is 0.252. The minimum absolute atomic E-state index is 0.277. The molecule has 8 heteroatoms. The molecule has 0 saturated heterocycles. The Balaban J connectivity index is 1.80. The van der Waals surface area contributed by atoms with Gasteiger partial charge in [0.1, 0.15) is 10.8 Å². The van der Waals surface area contributed by atoms with E-state index in [1.165, 1.54) is 5.56 Å². The number of carbonyl (C=O) groups is 1. The Kier molecular flexibility index (Phi) is 5.72. The van der Waals surface area contributed by atoms with Gasteiger partial charge in [-0.3, -0.25) is 10.3 Å². The molecule has 0 spiro atoms. The molecule has 0 radical (unpaired) electrons. The molecule has 3 aromatic heterocycles. The number of nitrogens with zero attached hydrogens (tertiary/aromatic N) is 3. The quantitative estimate of drug-likeness (QED) is 0.654. The third kappa shape index (κ3) is 4.61. The number of anilines is 1. The highest BCUT2D eigenvalue weighted by atomic mass is 79.9. The van der Waals surface area contributed by atoms with Crippen LogP contribution in [0.4, 0.5) is 10.6 Å². The van der Waals surface area contributed by atoms with E-state index in [4.69, 9.17) is 4.98 Å². The number of carbonyl (C=O) groups excluding carboxylic acids is 1. The molecule has 2 amide bonds.